The Morgan fingerprint density at radius 3 is 1.20 bits per heavy atom. The maximum absolute atomic E-state index is 2.17. The second-order valence-electron chi connectivity index (χ2n) is 1.77. The molecule has 0 rings (SSSR count). The van der Waals surface area contributed by atoms with Crippen LogP contribution in [0.5, 0.6) is 0 Å². The Kier molecular flexibility index (Phi) is 38.2. The van der Waals surface area contributed by atoms with E-state index in [0.29, 0.717) is 0 Å². The van der Waals surface area contributed by atoms with Gasteiger partial charge in [0.15, 0.2) is 0 Å². The summed E-state index contributed by atoms with van der Waals surface area (Å²) < 4.78 is 0. The van der Waals surface area contributed by atoms with Crippen LogP contribution in [0.3, 0.4) is 0 Å². The Morgan fingerprint density at radius 1 is 0.900 bits per heavy atom. The molecule has 0 atom stereocenters. The zero-order valence-corrected chi connectivity index (χ0v) is 8.73. The Morgan fingerprint density at radius 2 is 1.20 bits per heavy atom. The van der Waals surface area contributed by atoms with Gasteiger partial charge in [-0.3, -0.25) is 0 Å². The summed E-state index contributed by atoms with van der Waals surface area (Å²) in [7, 11) is 0. The van der Waals surface area contributed by atoms with Crippen LogP contribution in [0.4, 0.5) is 0 Å². The summed E-state index contributed by atoms with van der Waals surface area (Å²) in [6, 6.07) is 0. The predicted molar refractivity (Wildman–Crippen MR) is 52.3 cm³/mol. The topological polar surface area (TPSA) is 0 Å². The third-order valence-electron chi connectivity index (χ3n) is 0.577. The van der Waals surface area contributed by atoms with Gasteiger partial charge >= 0.3 is 0 Å². The van der Waals surface area contributed by atoms with E-state index in [1.54, 1.807) is 0 Å². The summed E-state index contributed by atoms with van der Waals surface area (Å²) in [6.07, 6.45) is 4.24. The molecule has 10 heavy (non-hydrogen) atoms. The standard InChI is InChI=1S/C6H12.2C2H6/c1-4-5-6(2)3;2*1-2/h4-6H,1-3H3;2*1-2H3/b5-4+;;. The zero-order valence-electron chi connectivity index (χ0n) is 8.73. The average molecular weight is 144 g/mol. The van der Waals surface area contributed by atoms with E-state index in [1.165, 1.54) is 0 Å². The molecule has 0 saturated heterocycles. The molecule has 0 fully saturated rings. The van der Waals surface area contributed by atoms with Crippen LogP contribution in [0, 0.1) is 5.92 Å². The molecule has 0 saturated carbocycles. The fraction of sp³-hybridized carbons (Fsp3) is 0.800. The van der Waals surface area contributed by atoms with E-state index in [1.807, 2.05) is 34.6 Å². The van der Waals surface area contributed by atoms with E-state index < -0.39 is 0 Å². The molecule has 0 radical (unpaired) electrons. The third-order valence-corrected chi connectivity index (χ3v) is 0.577. The van der Waals surface area contributed by atoms with Gasteiger partial charge in [-0.15, -0.1) is 0 Å². The minimum Gasteiger partial charge on any atom is -0.0914 e. The molecule has 0 aliphatic carbocycles. The van der Waals surface area contributed by atoms with Crippen LogP contribution in [-0.2, 0) is 0 Å². The van der Waals surface area contributed by atoms with Gasteiger partial charge in [0.25, 0.3) is 0 Å². The Labute approximate surface area is 67.3 Å². The molecule has 0 aromatic rings. The Balaban J connectivity index is -0.000000105. The molecule has 0 bridgehead atoms. The van der Waals surface area contributed by atoms with Gasteiger partial charge in [0.2, 0.25) is 0 Å². The first-order chi connectivity index (χ1) is 4.77. The summed E-state index contributed by atoms with van der Waals surface area (Å²) in [4.78, 5) is 0. The summed E-state index contributed by atoms with van der Waals surface area (Å²) in [5.74, 6) is 0.718. The smallest absolute Gasteiger partial charge is 0.0291 e. The van der Waals surface area contributed by atoms with Gasteiger partial charge in [0.05, 0.1) is 0 Å². The maximum atomic E-state index is 2.17. The van der Waals surface area contributed by atoms with Crippen molar-refractivity contribution in [3.63, 3.8) is 0 Å². The molecule has 0 amide bonds. The highest BCUT2D eigenvalue weighted by Crippen LogP contribution is 1.90. The molecule has 0 aliphatic rings. The second kappa shape index (κ2) is 23.3. The minimum absolute atomic E-state index is 0.718. The van der Waals surface area contributed by atoms with E-state index >= 15 is 0 Å². The van der Waals surface area contributed by atoms with Gasteiger partial charge in [-0.2, -0.15) is 0 Å². The van der Waals surface area contributed by atoms with Gasteiger partial charge in [0, 0.05) is 0 Å². The lowest BCUT2D eigenvalue weighted by Gasteiger charge is -1.86. The molecular formula is C10H24. The number of hydrogen-bond acceptors (Lipinski definition) is 0. The lowest BCUT2D eigenvalue weighted by molar-refractivity contribution is 0.830. The molecule has 0 unspecified atom stereocenters. The van der Waals surface area contributed by atoms with Crippen LogP contribution in [0.15, 0.2) is 12.2 Å². The fourth-order valence-corrected chi connectivity index (χ4v) is 0.385. The van der Waals surface area contributed by atoms with E-state index in [4.69, 9.17) is 0 Å². The third kappa shape index (κ3) is 46.8. The van der Waals surface area contributed by atoms with E-state index in [2.05, 4.69) is 26.0 Å². The highest BCUT2D eigenvalue weighted by atomic mass is 13.8. The molecule has 0 heterocycles. The summed E-state index contributed by atoms with van der Waals surface area (Å²) >= 11 is 0. The molecule has 0 spiro atoms. The molecular weight excluding hydrogens is 120 g/mol. The largest absolute Gasteiger partial charge is 0.0914 e. The molecule has 0 aromatic heterocycles. The minimum atomic E-state index is 0.718. The fourth-order valence-electron chi connectivity index (χ4n) is 0.385. The molecule has 0 aliphatic heterocycles. The lowest BCUT2D eigenvalue weighted by atomic mass is 10.2. The van der Waals surface area contributed by atoms with Gasteiger partial charge < -0.3 is 0 Å². The van der Waals surface area contributed by atoms with Crippen LogP contribution < -0.4 is 0 Å². The molecule has 64 valence electrons. The van der Waals surface area contributed by atoms with Crippen molar-refractivity contribution < 1.29 is 0 Å². The lowest BCUT2D eigenvalue weighted by Crippen LogP contribution is -1.73. The maximum Gasteiger partial charge on any atom is -0.0291 e. The van der Waals surface area contributed by atoms with E-state index in [-0.39, 0.29) is 0 Å². The van der Waals surface area contributed by atoms with Crippen LogP contribution in [0.1, 0.15) is 48.5 Å². The highest BCUT2D eigenvalue weighted by molar-refractivity contribution is 4.79. The number of rotatable bonds is 1. The van der Waals surface area contributed by atoms with E-state index in [0.717, 1.165) is 5.92 Å². The SMILES string of the molecule is C/C=C/C(C)C.CC.CC. The first kappa shape index (κ1) is 16.4. The van der Waals surface area contributed by atoms with E-state index in [9.17, 15) is 0 Å². The normalized spacial score (nSPS) is 8.00. The van der Waals surface area contributed by atoms with Gasteiger partial charge in [-0.05, 0) is 12.8 Å². The second-order valence-corrected chi connectivity index (χ2v) is 1.77. The summed E-state index contributed by atoms with van der Waals surface area (Å²) in [6.45, 7) is 14.4. The summed E-state index contributed by atoms with van der Waals surface area (Å²) in [5.41, 5.74) is 0. The summed E-state index contributed by atoms with van der Waals surface area (Å²) in [5, 5.41) is 0. The van der Waals surface area contributed by atoms with Crippen molar-refractivity contribution in [3.05, 3.63) is 12.2 Å². The van der Waals surface area contributed by atoms with Crippen molar-refractivity contribution >= 4 is 0 Å². The van der Waals surface area contributed by atoms with Crippen molar-refractivity contribution in [1.29, 1.82) is 0 Å². The van der Waals surface area contributed by atoms with Crippen LogP contribution in [-0.4, -0.2) is 0 Å². The van der Waals surface area contributed by atoms with Crippen molar-refractivity contribution in [3.8, 4) is 0 Å². The molecule has 0 N–H and O–H groups in total. The average Bonchev–Trinajstić information content (AvgIpc) is 1.96. The molecule has 0 heteroatoms. The van der Waals surface area contributed by atoms with Crippen molar-refractivity contribution in [2.75, 3.05) is 0 Å². The van der Waals surface area contributed by atoms with Gasteiger partial charge in [-0.25, -0.2) is 0 Å². The first-order valence-corrected chi connectivity index (χ1v) is 4.40. The zero-order chi connectivity index (χ0) is 8.99. The van der Waals surface area contributed by atoms with Gasteiger partial charge in [-0.1, -0.05) is 53.7 Å². The first-order valence-electron chi connectivity index (χ1n) is 4.40. The van der Waals surface area contributed by atoms with Gasteiger partial charge in [0.1, 0.15) is 0 Å². The van der Waals surface area contributed by atoms with Crippen LogP contribution in [0.2, 0.25) is 0 Å². The van der Waals surface area contributed by atoms with Crippen molar-refractivity contribution in [1.82, 2.24) is 0 Å². The number of hydrogen-bond donors (Lipinski definition) is 0. The van der Waals surface area contributed by atoms with Crippen molar-refractivity contribution in [2.24, 2.45) is 5.92 Å². The van der Waals surface area contributed by atoms with Crippen LogP contribution >= 0.6 is 0 Å². The predicted octanol–water partition coefficient (Wildman–Crippen LogP) is 4.27. The Bertz CT molecular complexity index is 42.0. The monoisotopic (exact) mass is 144 g/mol. The van der Waals surface area contributed by atoms with Crippen molar-refractivity contribution in [2.45, 2.75) is 48.5 Å². The highest BCUT2D eigenvalue weighted by Gasteiger charge is 1.76. The molecule has 0 aromatic carbocycles. The number of allylic oxidation sites excluding steroid dienone is 2. The Hall–Kier alpha value is -0.260. The quantitative estimate of drug-likeness (QED) is 0.482. The molecule has 0 nitrogen and oxygen atoms in total. The van der Waals surface area contributed by atoms with Crippen LogP contribution in [0.25, 0.3) is 0 Å².